The second-order valence-corrected chi connectivity index (χ2v) is 4.74. The SMILES string of the molecule is C=CCNC(=O)c1cc(C(=O)NCc2ccc(F)cc2)ccn1. The van der Waals surface area contributed by atoms with E-state index in [1.165, 1.54) is 30.5 Å². The molecule has 1 aromatic carbocycles. The minimum absolute atomic E-state index is 0.154. The van der Waals surface area contributed by atoms with Gasteiger partial charge >= 0.3 is 0 Å². The average molecular weight is 313 g/mol. The van der Waals surface area contributed by atoms with E-state index in [0.29, 0.717) is 12.1 Å². The van der Waals surface area contributed by atoms with Gasteiger partial charge in [0.05, 0.1) is 0 Å². The summed E-state index contributed by atoms with van der Waals surface area (Å²) in [5.74, 6) is -1.04. The van der Waals surface area contributed by atoms with E-state index in [9.17, 15) is 14.0 Å². The standard InChI is InChI=1S/C17H16FN3O2/c1-2-8-20-17(23)15-10-13(7-9-19-15)16(22)21-11-12-3-5-14(18)6-4-12/h2-7,9-10H,1,8,11H2,(H,20,23)(H,21,22). The molecule has 0 aliphatic carbocycles. The summed E-state index contributed by atoms with van der Waals surface area (Å²) in [4.78, 5) is 27.8. The van der Waals surface area contributed by atoms with E-state index in [2.05, 4.69) is 22.2 Å². The van der Waals surface area contributed by atoms with Crippen molar-refractivity contribution in [1.82, 2.24) is 15.6 Å². The van der Waals surface area contributed by atoms with E-state index in [1.807, 2.05) is 0 Å². The first kappa shape index (κ1) is 16.4. The number of aromatic nitrogens is 1. The van der Waals surface area contributed by atoms with Crippen LogP contribution in [0.3, 0.4) is 0 Å². The van der Waals surface area contributed by atoms with Gasteiger partial charge in [-0.2, -0.15) is 0 Å². The topological polar surface area (TPSA) is 71.1 Å². The van der Waals surface area contributed by atoms with Gasteiger partial charge in [-0.3, -0.25) is 14.6 Å². The lowest BCUT2D eigenvalue weighted by Crippen LogP contribution is -2.26. The van der Waals surface area contributed by atoms with Crippen LogP contribution >= 0.6 is 0 Å². The summed E-state index contributed by atoms with van der Waals surface area (Å²) >= 11 is 0. The van der Waals surface area contributed by atoms with Crippen molar-refractivity contribution in [2.45, 2.75) is 6.54 Å². The molecule has 23 heavy (non-hydrogen) atoms. The summed E-state index contributed by atoms with van der Waals surface area (Å²) in [7, 11) is 0. The van der Waals surface area contributed by atoms with Gasteiger partial charge < -0.3 is 10.6 Å². The van der Waals surface area contributed by atoms with Gasteiger partial charge in [0.1, 0.15) is 11.5 Å². The van der Waals surface area contributed by atoms with E-state index < -0.39 is 0 Å². The Balaban J connectivity index is 2.00. The highest BCUT2D eigenvalue weighted by atomic mass is 19.1. The van der Waals surface area contributed by atoms with Crippen LogP contribution in [-0.2, 0) is 6.54 Å². The second-order valence-electron chi connectivity index (χ2n) is 4.74. The number of carbonyl (C=O) groups excluding carboxylic acids is 2. The lowest BCUT2D eigenvalue weighted by Gasteiger charge is -2.07. The first-order valence-corrected chi connectivity index (χ1v) is 6.98. The molecule has 2 N–H and O–H groups in total. The molecule has 6 heteroatoms. The summed E-state index contributed by atoms with van der Waals surface area (Å²) in [6.07, 6.45) is 2.95. The molecule has 5 nitrogen and oxygen atoms in total. The Bertz CT molecular complexity index is 714. The zero-order valence-corrected chi connectivity index (χ0v) is 12.4. The van der Waals surface area contributed by atoms with Crippen LogP contribution in [0.1, 0.15) is 26.4 Å². The van der Waals surface area contributed by atoms with Crippen LogP contribution < -0.4 is 10.6 Å². The molecule has 0 bridgehead atoms. The number of nitrogens with zero attached hydrogens (tertiary/aromatic N) is 1. The largest absolute Gasteiger partial charge is 0.348 e. The molecular formula is C17H16FN3O2. The number of halogens is 1. The number of hydrogen-bond acceptors (Lipinski definition) is 3. The Morgan fingerprint density at radius 3 is 2.57 bits per heavy atom. The predicted octanol–water partition coefficient (Wildman–Crippen LogP) is 2.07. The first-order valence-electron chi connectivity index (χ1n) is 6.98. The number of benzene rings is 1. The number of rotatable bonds is 6. The van der Waals surface area contributed by atoms with Crippen LogP contribution in [-0.4, -0.2) is 23.3 Å². The van der Waals surface area contributed by atoms with Crippen LogP contribution in [0.25, 0.3) is 0 Å². The van der Waals surface area contributed by atoms with Crippen molar-refractivity contribution >= 4 is 11.8 Å². The normalized spacial score (nSPS) is 9.96. The second kappa shape index (κ2) is 7.84. The average Bonchev–Trinajstić information content (AvgIpc) is 2.59. The van der Waals surface area contributed by atoms with E-state index in [0.717, 1.165) is 5.56 Å². The number of carbonyl (C=O) groups is 2. The van der Waals surface area contributed by atoms with E-state index >= 15 is 0 Å². The molecule has 0 saturated heterocycles. The van der Waals surface area contributed by atoms with Gasteiger partial charge in [0, 0.05) is 24.8 Å². The van der Waals surface area contributed by atoms with Gasteiger partial charge in [-0.25, -0.2) is 4.39 Å². The molecule has 0 unspecified atom stereocenters. The molecule has 0 aliphatic rings. The number of amides is 2. The summed E-state index contributed by atoms with van der Waals surface area (Å²) in [6.45, 7) is 4.09. The highest BCUT2D eigenvalue weighted by Crippen LogP contribution is 2.05. The molecular weight excluding hydrogens is 297 g/mol. The summed E-state index contributed by atoms with van der Waals surface area (Å²) in [5, 5.41) is 5.30. The van der Waals surface area contributed by atoms with Crippen molar-refractivity contribution in [2.75, 3.05) is 6.54 Å². The zero-order chi connectivity index (χ0) is 16.7. The fraction of sp³-hybridized carbons (Fsp3) is 0.118. The lowest BCUT2D eigenvalue weighted by molar-refractivity contribution is 0.0951. The van der Waals surface area contributed by atoms with Crippen LogP contribution in [0.4, 0.5) is 4.39 Å². The summed E-state index contributed by atoms with van der Waals surface area (Å²) in [5.41, 5.74) is 1.25. The Hall–Kier alpha value is -3.02. The molecule has 1 heterocycles. The molecule has 0 spiro atoms. The van der Waals surface area contributed by atoms with Crippen molar-refractivity contribution in [1.29, 1.82) is 0 Å². The quantitative estimate of drug-likeness (QED) is 0.802. The van der Waals surface area contributed by atoms with Crippen molar-refractivity contribution in [3.63, 3.8) is 0 Å². The van der Waals surface area contributed by atoms with E-state index in [-0.39, 0.29) is 29.9 Å². The van der Waals surface area contributed by atoms with Crippen molar-refractivity contribution < 1.29 is 14.0 Å². The van der Waals surface area contributed by atoms with E-state index in [4.69, 9.17) is 0 Å². The third kappa shape index (κ3) is 4.74. The summed E-state index contributed by atoms with van der Waals surface area (Å²) in [6, 6.07) is 8.78. The minimum Gasteiger partial charge on any atom is -0.348 e. The van der Waals surface area contributed by atoms with Gasteiger partial charge in [0.25, 0.3) is 11.8 Å². The van der Waals surface area contributed by atoms with Crippen molar-refractivity contribution in [3.05, 3.63) is 77.9 Å². The molecule has 0 saturated carbocycles. The molecule has 0 atom stereocenters. The fourth-order valence-electron chi connectivity index (χ4n) is 1.84. The molecule has 0 aliphatic heterocycles. The molecule has 0 radical (unpaired) electrons. The molecule has 0 fully saturated rings. The van der Waals surface area contributed by atoms with E-state index in [1.54, 1.807) is 18.2 Å². The Kier molecular flexibility index (Phi) is 5.57. The van der Waals surface area contributed by atoms with Gasteiger partial charge in [0.2, 0.25) is 0 Å². The zero-order valence-electron chi connectivity index (χ0n) is 12.4. The smallest absolute Gasteiger partial charge is 0.270 e. The van der Waals surface area contributed by atoms with Crippen molar-refractivity contribution in [3.8, 4) is 0 Å². The van der Waals surface area contributed by atoms with Gasteiger partial charge in [-0.1, -0.05) is 18.2 Å². The Morgan fingerprint density at radius 2 is 1.87 bits per heavy atom. The first-order chi connectivity index (χ1) is 11.1. The van der Waals surface area contributed by atoms with Crippen LogP contribution in [0.15, 0.2) is 55.3 Å². The number of hydrogen-bond donors (Lipinski definition) is 2. The third-order valence-corrected chi connectivity index (χ3v) is 3.03. The van der Waals surface area contributed by atoms with Crippen LogP contribution in [0.5, 0.6) is 0 Å². The van der Waals surface area contributed by atoms with Crippen LogP contribution in [0.2, 0.25) is 0 Å². The molecule has 118 valence electrons. The third-order valence-electron chi connectivity index (χ3n) is 3.03. The number of pyridine rings is 1. The number of nitrogens with one attached hydrogen (secondary N) is 2. The van der Waals surface area contributed by atoms with Gasteiger partial charge in [0.15, 0.2) is 0 Å². The lowest BCUT2D eigenvalue weighted by atomic mass is 10.2. The maximum atomic E-state index is 12.8. The monoisotopic (exact) mass is 313 g/mol. The highest BCUT2D eigenvalue weighted by Gasteiger charge is 2.11. The van der Waals surface area contributed by atoms with Gasteiger partial charge in [-0.15, -0.1) is 6.58 Å². The summed E-state index contributed by atoms with van der Waals surface area (Å²) < 4.78 is 12.8. The maximum Gasteiger partial charge on any atom is 0.270 e. The maximum absolute atomic E-state index is 12.8. The molecule has 2 amide bonds. The molecule has 2 rings (SSSR count). The van der Waals surface area contributed by atoms with Crippen molar-refractivity contribution in [2.24, 2.45) is 0 Å². The molecule has 2 aromatic rings. The molecule has 1 aromatic heterocycles. The predicted molar refractivity (Wildman–Crippen MR) is 84.3 cm³/mol. The van der Waals surface area contributed by atoms with Gasteiger partial charge in [-0.05, 0) is 29.8 Å². The Labute approximate surface area is 133 Å². The highest BCUT2D eigenvalue weighted by molar-refractivity contribution is 5.98. The minimum atomic E-state index is -0.377. The Morgan fingerprint density at radius 1 is 1.13 bits per heavy atom. The fourth-order valence-corrected chi connectivity index (χ4v) is 1.84. The van der Waals surface area contributed by atoms with Crippen LogP contribution in [0, 0.1) is 5.82 Å².